The molecule has 96 valence electrons. The van der Waals surface area contributed by atoms with Gasteiger partial charge >= 0.3 is 0 Å². The Bertz CT molecular complexity index is 526. The molecule has 0 bridgehead atoms. The summed E-state index contributed by atoms with van der Waals surface area (Å²) in [5.41, 5.74) is 3.68. The van der Waals surface area contributed by atoms with Crippen molar-refractivity contribution in [1.82, 2.24) is 10.2 Å². The molecule has 1 fully saturated rings. The standard InChI is InChI=1S/C15H20N2O/c1-12-11-18-14-4-2-3-13(15(12)14)5-8-17-9-6-16-7-10-17/h2-4,11,16H,5-10H2,1H3. The van der Waals surface area contributed by atoms with Crippen LogP contribution in [0, 0.1) is 6.92 Å². The van der Waals surface area contributed by atoms with E-state index in [4.69, 9.17) is 4.42 Å². The molecule has 3 heteroatoms. The van der Waals surface area contributed by atoms with Gasteiger partial charge in [-0.2, -0.15) is 0 Å². The average molecular weight is 244 g/mol. The van der Waals surface area contributed by atoms with Crippen molar-refractivity contribution in [2.24, 2.45) is 0 Å². The van der Waals surface area contributed by atoms with Crippen molar-refractivity contribution in [3.05, 3.63) is 35.6 Å². The molecule has 0 saturated carbocycles. The minimum atomic E-state index is 1.02. The number of nitrogens with zero attached hydrogens (tertiary/aromatic N) is 1. The number of hydrogen-bond donors (Lipinski definition) is 1. The summed E-state index contributed by atoms with van der Waals surface area (Å²) in [7, 11) is 0. The molecule has 1 aromatic heterocycles. The van der Waals surface area contributed by atoms with Gasteiger partial charge in [0.2, 0.25) is 0 Å². The fourth-order valence-electron chi connectivity index (χ4n) is 2.75. The highest BCUT2D eigenvalue weighted by molar-refractivity contribution is 5.84. The van der Waals surface area contributed by atoms with Crippen LogP contribution >= 0.6 is 0 Å². The van der Waals surface area contributed by atoms with Gasteiger partial charge in [0, 0.05) is 38.1 Å². The van der Waals surface area contributed by atoms with Gasteiger partial charge in [-0.1, -0.05) is 12.1 Å². The molecular weight excluding hydrogens is 224 g/mol. The zero-order valence-electron chi connectivity index (χ0n) is 10.9. The highest BCUT2D eigenvalue weighted by atomic mass is 16.3. The molecule has 3 nitrogen and oxygen atoms in total. The minimum Gasteiger partial charge on any atom is -0.464 e. The van der Waals surface area contributed by atoms with E-state index in [9.17, 15) is 0 Å². The third-order valence-corrected chi connectivity index (χ3v) is 3.78. The molecule has 0 amide bonds. The Kier molecular flexibility index (Phi) is 3.35. The molecule has 0 radical (unpaired) electrons. The van der Waals surface area contributed by atoms with Gasteiger partial charge in [-0.15, -0.1) is 0 Å². The third-order valence-electron chi connectivity index (χ3n) is 3.78. The first-order valence-corrected chi connectivity index (χ1v) is 6.73. The monoisotopic (exact) mass is 244 g/mol. The van der Waals surface area contributed by atoms with Crippen molar-refractivity contribution >= 4 is 11.0 Å². The summed E-state index contributed by atoms with van der Waals surface area (Å²) in [6.45, 7) is 7.84. The van der Waals surface area contributed by atoms with E-state index in [1.807, 2.05) is 6.26 Å². The molecule has 2 heterocycles. The van der Waals surface area contributed by atoms with Gasteiger partial charge in [-0.3, -0.25) is 0 Å². The number of nitrogens with one attached hydrogen (secondary N) is 1. The number of fused-ring (bicyclic) bond motifs is 1. The van der Waals surface area contributed by atoms with Crippen molar-refractivity contribution in [2.45, 2.75) is 13.3 Å². The van der Waals surface area contributed by atoms with E-state index in [2.05, 4.69) is 35.3 Å². The van der Waals surface area contributed by atoms with Gasteiger partial charge in [0.25, 0.3) is 0 Å². The van der Waals surface area contributed by atoms with Crippen LogP contribution in [0.4, 0.5) is 0 Å². The Morgan fingerprint density at radius 3 is 2.94 bits per heavy atom. The summed E-state index contributed by atoms with van der Waals surface area (Å²) in [6, 6.07) is 6.38. The largest absolute Gasteiger partial charge is 0.464 e. The van der Waals surface area contributed by atoms with E-state index in [1.165, 1.54) is 29.6 Å². The highest BCUT2D eigenvalue weighted by Gasteiger charge is 2.11. The Morgan fingerprint density at radius 1 is 1.28 bits per heavy atom. The van der Waals surface area contributed by atoms with Crippen LogP contribution in [0.1, 0.15) is 11.1 Å². The summed E-state index contributed by atoms with van der Waals surface area (Å²) in [5.74, 6) is 0. The molecule has 0 aliphatic carbocycles. The summed E-state index contributed by atoms with van der Waals surface area (Å²) in [5, 5.41) is 4.70. The van der Waals surface area contributed by atoms with Crippen LogP contribution in [-0.4, -0.2) is 37.6 Å². The van der Waals surface area contributed by atoms with Crippen LogP contribution in [0.15, 0.2) is 28.9 Å². The van der Waals surface area contributed by atoms with Crippen molar-refractivity contribution in [3.8, 4) is 0 Å². The number of rotatable bonds is 3. The van der Waals surface area contributed by atoms with E-state index >= 15 is 0 Å². The molecule has 1 aromatic carbocycles. The Labute approximate surface area is 108 Å². The first-order chi connectivity index (χ1) is 8.84. The molecule has 0 atom stereocenters. The minimum absolute atomic E-state index is 1.02. The van der Waals surface area contributed by atoms with E-state index in [0.717, 1.165) is 31.6 Å². The number of aryl methyl sites for hydroxylation is 1. The lowest BCUT2D eigenvalue weighted by atomic mass is 10.0. The zero-order valence-corrected chi connectivity index (χ0v) is 10.9. The van der Waals surface area contributed by atoms with Crippen LogP contribution in [0.2, 0.25) is 0 Å². The van der Waals surface area contributed by atoms with Crippen LogP contribution in [0.5, 0.6) is 0 Å². The highest BCUT2D eigenvalue weighted by Crippen LogP contribution is 2.24. The molecule has 18 heavy (non-hydrogen) atoms. The van der Waals surface area contributed by atoms with Crippen molar-refractivity contribution < 1.29 is 4.42 Å². The molecule has 2 aromatic rings. The molecule has 1 aliphatic heterocycles. The van der Waals surface area contributed by atoms with Crippen LogP contribution < -0.4 is 5.32 Å². The van der Waals surface area contributed by atoms with E-state index in [-0.39, 0.29) is 0 Å². The van der Waals surface area contributed by atoms with Crippen molar-refractivity contribution in [1.29, 1.82) is 0 Å². The number of benzene rings is 1. The molecular formula is C15H20N2O. The smallest absolute Gasteiger partial charge is 0.134 e. The number of hydrogen-bond acceptors (Lipinski definition) is 3. The summed E-state index contributed by atoms with van der Waals surface area (Å²) < 4.78 is 5.56. The van der Waals surface area contributed by atoms with Gasteiger partial charge < -0.3 is 14.6 Å². The fraction of sp³-hybridized carbons (Fsp3) is 0.467. The van der Waals surface area contributed by atoms with Crippen LogP contribution in [-0.2, 0) is 6.42 Å². The van der Waals surface area contributed by atoms with Crippen LogP contribution in [0.25, 0.3) is 11.0 Å². The molecule has 0 spiro atoms. The maximum absolute atomic E-state index is 5.56. The third kappa shape index (κ3) is 2.28. The predicted octanol–water partition coefficient (Wildman–Crippen LogP) is 2.19. The van der Waals surface area contributed by atoms with E-state index < -0.39 is 0 Å². The summed E-state index contributed by atoms with van der Waals surface area (Å²) >= 11 is 0. The lowest BCUT2D eigenvalue weighted by Gasteiger charge is -2.27. The summed E-state index contributed by atoms with van der Waals surface area (Å²) in [6.07, 6.45) is 2.97. The fourth-order valence-corrected chi connectivity index (χ4v) is 2.75. The first kappa shape index (κ1) is 11.8. The second kappa shape index (κ2) is 5.12. The normalized spacial score (nSPS) is 17.4. The first-order valence-electron chi connectivity index (χ1n) is 6.73. The second-order valence-corrected chi connectivity index (χ2v) is 5.05. The maximum atomic E-state index is 5.56. The van der Waals surface area contributed by atoms with Gasteiger partial charge in [0.1, 0.15) is 5.58 Å². The second-order valence-electron chi connectivity index (χ2n) is 5.05. The Balaban J connectivity index is 1.75. The van der Waals surface area contributed by atoms with E-state index in [1.54, 1.807) is 0 Å². The van der Waals surface area contributed by atoms with E-state index in [0.29, 0.717) is 0 Å². The Morgan fingerprint density at radius 2 is 2.11 bits per heavy atom. The van der Waals surface area contributed by atoms with Crippen molar-refractivity contribution in [2.75, 3.05) is 32.7 Å². The molecule has 1 N–H and O–H groups in total. The SMILES string of the molecule is Cc1coc2cccc(CCN3CCNCC3)c12. The molecule has 0 unspecified atom stereocenters. The topological polar surface area (TPSA) is 28.4 Å². The lowest BCUT2D eigenvalue weighted by Crippen LogP contribution is -2.44. The van der Waals surface area contributed by atoms with Gasteiger partial charge in [-0.05, 0) is 30.5 Å². The van der Waals surface area contributed by atoms with Crippen LogP contribution in [0.3, 0.4) is 0 Å². The predicted molar refractivity (Wildman–Crippen MR) is 74.0 cm³/mol. The lowest BCUT2D eigenvalue weighted by molar-refractivity contribution is 0.244. The quantitative estimate of drug-likeness (QED) is 0.897. The average Bonchev–Trinajstić information content (AvgIpc) is 2.80. The van der Waals surface area contributed by atoms with Gasteiger partial charge in [-0.25, -0.2) is 0 Å². The number of piperazine rings is 1. The van der Waals surface area contributed by atoms with Gasteiger partial charge in [0.05, 0.1) is 6.26 Å². The zero-order chi connectivity index (χ0) is 12.4. The van der Waals surface area contributed by atoms with Crippen molar-refractivity contribution in [3.63, 3.8) is 0 Å². The molecule has 1 saturated heterocycles. The summed E-state index contributed by atoms with van der Waals surface area (Å²) in [4.78, 5) is 2.53. The Hall–Kier alpha value is -1.32. The maximum Gasteiger partial charge on any atom is 0.134 e. The molecule has 3 rings (SSSR count). The van der Waals surface area contributed by atoms with Gasteiger partial charge in [0.15, 0.2) is 0 Å². The number of furan rings is 1. The molecule has 1 aliphatic rings.